The van der Waals surface area contributed by atoms with Crippen LogP contribution in [0.4, 0.5) is 0 Å². The quantitative estimate of drug-likeness (QED) is 0.568. The van der Waals surface area contributed by atoms with Gasteiger partial charge in [-0.25, -0.2) is 13.1 Å². The van der Waals surface area contributed by atoms with E-state index in [4.69, 9.17) is 18.0 Å². The second-order valence-corrected chi connectivity index (χ2v) is 6.67. The van der Waals surface area contributed by atoms with Gasteiger partial charge in [-0.3, -0.25) is 0 Å². The Kier molecular flexibility index (Phi) is 6.41. The summed E-state index contributed by atoms with van der Waals surface area (Å²) in [5, 5.41) is 0. The number of benzene rings is 1. The lowest BCUT2D eigenvalue weighted by Crippen LogP contribution is -2.26. The molecule has 0 heterocycles. The molecule has 1 rings (SSSR count). The van der Waals surface area contributed by atoms with Gasteiger partial charge in [0.25, 0.3) is 0 Å². The molecule has 0 saturated carbocycles. The molecule has 1 aromatic rings. The maximum atomic E-state index is 11.8. The summed E-state index contributed by atoms with van der Waals surface area (Å²) in [6.45, 7) is 2.58. The van der Waals surface area contributed by atoms with Crippen LogP contribution in [0.2, 0.25) is 0 Å². The average molecular weight is 300 g/mol. The molecule has 6 heteroatoms. The van der Waals surface area contributed by atoms with Crippen molar-refractivity contribution in [3.05, 3.63) is 35.4 Å². The van der Waals surface area contributed by atoms with E-state index in [9.17, 15) is 8.42 Å². The van der Waals surface area contributed by atoms with Gasteiger partial charge in [-0.1, -0.05) is 56.2 Å². The van der Waals surface area contributed by atoms with E-state index in [1.807, 2.05) is 0 Å². The maximum Gasteiger partial charge on any atom is 0.215 e. The number of nitrogens with two attached hydrogens (primary N) is 1. The van der Waals surface area contributed by atoms with Crippen LogP contribution in [0.3, 0.4) is 0 Å². The molecular weight excluding hydrogens is 280 g/mol. The fraction of sp³-hybridized carbons (Fsp3) is 0.462. The minimum Gasteiger partial charge on any atom is -0.389 e. The van der Waals surface area contributed by atoms with Crippen molar-refractivity contribution in [3.8, 4) is 0 Å². The number of rotatable bonds is 8. The first-order valence-corrected chi connectivity index (χ1v) is 8.37. The molecule has 0 unspecified atom stereocenters. The van der Waals surface area contributed by atoms with Crippen LogP contribution in [0.1, 0.15) is 37.3 Å². The van der Waals surface area contributed by atoms with Gasteiger partial charge in [0, 0.05) is 12.1 Å². The van der Waals surface area contributed by atoms with E-state index in [1.165, 1.54) is 0 Å². The van der Waals surface area contributed by atoms with Crippen molar-refractivity contribution >= 4 is 27.2 Å². The molecule has 4 nitrogen and oxygen atoms in total. The summed E-state index contributed by atoms with van der Waals surface area (Å²) < 4.78 is 26.2. The van der Waals surface area contributed by atoms with Gasteiger partial charge < -0.3 is 5.73 Å². The zero-order valence-electron chi connectivity index (χ0n) is 11.1. The molecule has 106 valence electrons. The van der Waals surface area contributed by atoms with Gasteiger partial charge in [0.2, 0.25) is 10.0 Å². The third-order valence-electron chi connectivity index (χ3n) is 2.70. The van der Waals surface area contributed by atoms with Gasteiger partial charge >= 0.3 is 0 Å². The maximum absolute atomic E-state index is 11.8. The molecule has 1 aromatic carbocycles. The standard InChI is InChI=1S/C13H20N2O2S2/c1-2-3-4-9-15-19(16,17)10-11-5-7-12(8-6-11)13(14)18/h5-8,15H,2-4,9-10H2,1H3,(H2,14,18). The molecule has 0 amide bonds. The summed E-state index contributed by atoms with van der Waals surface area (Å²) in [5.41, 5.74) is 6.95. The average Bonchev–Trinajstić information content (AvgIpc) is 2.35. The van der Waals surface area contributed by atoms with Crippen molar-refractivity contribution in [3.63, 3.8) is 0 Å². The molecule has 0 aromatic heterocycles. The Balaban J connectivity index is 2.55. The number of hydrogen-bond donors (Lipinski definition) is 2. The van der Waals surface area contributed by atoms with Gasteiger partial charge in [-0.2, -0.15) is 0 Å². The summed E-state index contributed by atoms with van der Waals surface area (Å²) in [6, 6.07) is 6.95. The summed E-state index contributed by atoms with van der Waals surface area (Å²) in [4.78, 5) is 0.312. The molecule has 0 bridgehead atoms. The second kappa shape index (κ2) is 7.57. The molecule has 3 N–H and O–H groups in total. The molecule has 0 aliphatic heterocycles. The smallest absolute Gasteiger partial charge is 0.215 e. The summed E-state index contributed by atoms with van der Waals surface area (Å²) >= 11 is 4.84. The van der Waals surface area contributed by atoms with E-state index >= 15 is 0 Å². The van der Waals surface area contributed by atoms with E-state index in [0.29, 0.717) is 11.5 Å². The lowest BCUT2D eigenvalue weighted by atomic mass is 10.1. The molecule has 0 aliphatic carbocycles. The summed E-state index contributed by atoms with van der Waals surface area (Å²) in [7, 11) is -3.26. The third kappa shape index (κ3) is 6.13. The number of unbranched alkanes of at least 4 members (excludes halogenated alkanes) is 2. The highest BCUT2D eigenvalue weighted by Crippen LogP contribution is 2.08. The highest BCUT2D eigenvalue weighted by Gasteiger charge is 2.10. The minimum atomic E-state index is -3.26. The minimum absolute atomic E-state index is 0.0171. The number of thiocarbonyl (C=S) groups is 1. The van der Waals surface area contributed by atoms with Crippen LogP contribution >= 0.6 is 12.2 Å². The van der Waals surface area contributed by atoms with Crippen LogP contribution < -0.4 is 10.5 Å². The van der Waals surface area contributed by atoms with Gasteiger partial charge in [0.1, 0.15) is 4.99 Å². The van der Waals surface area contributed by atoms with Crippen LogP contribution in [0.15, 0.2) is 24.3 Å². The molecule has 0 aliphatic rings. The lowest BCUT2D eigenvalue weighted by molar-refractivity contribution is 0.575. The van der Waals surface area contributed by atoms with Crippen molar-refractivity contribution in [1.82, 2.24) is 4.72 Å². The number of sulfonamides is 1. The monoisotopic (exact) mass is 300 g/mol. The molecule has 0 atom stereocenters. The van der Waals surface area contributed by atoms with Crippen molar-refractivity contribution in [2.75, 3.05) is 6.54 Å². The summed E-state index contributed by atoms with van der Waals surface area (Å²) in [5.74, 6) is -0.0171. The predicted octanol–water partition coefficient (Wildman–Crippen LogP) is 1.93. The first kappa shape index (κ1) is 16.1. The Hall–Kier alpha value is -0.980. The fourth-order valence-electron chi connectivity index (χ4n) is 1.64. The van der Waals surface area contributed by atoms with Crippen molar-refractivity contribution < 1.29 is 8.42 Å². The normalized spacial score (nSPS) is 11.4. The number of nitrogens with one attached hydrogen (secondary N) is 1. The molecule has 0 saturated heterocycles. The Labute approximate surface area is 120 Å². The van der Waals surface area contributed by atoms with Crippen molar-refractivity contribution in [2.24, 2.45) is 5.73 Å². The molecule has 0 spiro atoms. The van der Waals surface area contributed by atoms with E-state index < -0.39 is 10.0 Å². The highest BCUT2D eigenvalue weighted by atomic mass is 32.2. The van der Waals surface area contributed by atoms with E-state index in [0.717, 1.165) is 30.4 Å². The third-order valence-corrected chi connectivity index (χ3v) is 4.29. The van der Waals surface area contributed by atoms with Crippen LogP contribution in [0.25, 0.3) is 0 Å². The Morgan fingerprint density at radius 1 is 1.26 bits per heavy atom. The zero-order valence-corrected chi connectivity index (χ0v) is 12.7. The van der Waals surface area contributed by atoms with E-state index in [-0.39, 0.29) is 5.75 Å². The first-order chi connectivity index (χ1) is 8.94. The molecular formula is C13H20N2O2S2. The molecule has 0 fully saturated rings. The Bertz CT molecular complexity index is 510. The zero-order chi connectivity index (χ0) is 14.3. The van der Waals surface area contributed by atoms with Crippen LogP contribution in [-0.4, -0.2) is 20.0 Å². The van der Waals surface area contributed by atoms with Crippen LogP contribution in [0.5, 0.6) is 0 Å². The van der Waals surface area contributed by atoms with Crippen molar-refractivity contribution in [1.29, 1.82) is 0 Å². The molecule has 19 heavy (non-hydrogen) atoms. The topological polar surface area (TPSA) is 72.2 Å². The van der Waals surface area contributed by atoms with E-state index in [1.54, 1.807) is 24.3 Å². The van der Waals surface area contributed by atoms with E-state index in [2.05, 4.69) is 11.6 Å². The second-order valence-electron chi connectivity index (χ2n) is 4.42. The van der Waals surface area contributed by atoms with Gasteiger partial charge in [-0.05, 0) is 12.0 Å². The van der Waals surface area contributed by atoms with Crippen molar-refractivity contribution in [2.45, 2.75) is 31.9 Å². The van der Waals surface area contributed by atoms with Crippen LogP contribution in [-0.2, 0) is 15.8 Å². The van der Waals surface area contributed by atoms with Crippen LogP contribution in [0, 0.1) is 0 Å². The molecule has 0 radical (unpaired) electrons. The predicted molar refractivity (Wildman–Crippen MR) is 82.5 cm³/mol. The Morgan fingerprint density at radius 3 is 2.42 bits per heavy atom. The number of hydrogen-bond acceptors (Lipinski definition) is 3. The SMILES string of the molecule is CCCCCNS(=O)(=O)Cc1ccc(C(N)=S)cc1. The lowest BCUT2D eigenvalue weighted by Gasteiger charge is -2.07. The van der Waals surface area contributed by atoms with Gasteiger partial charge in [0.15, 0.2) is 0 Å². The van der Waals surface area contributed by atoms with Gasteiger partial charge in [-0.15, -0.1) is 0 Å². The fourth-order valence-corrected chi connectivity index (χ4v) is 2.96. The summed E-state index contributed by atoms with van der Waals surface area (Å²) in [6.07, 6.45) is 2.98. The Morgan fingerprint density at radius 2 is 1.89 bits per heavy atom. The largest absolute Gasteiger partial charge is 0.389 e. The highest BCUT2D eigenvalue weighted by molar-refractivity contribution is 7.88. The first-order valence-electron chi connectivity index (χ1n) is 6.30. The van der Waals surface area contributed by atoms with Gasteiger partial charge in [0.05, 0.1) is 5.75 Å².